The second kappa shape index (κ2) is 4.08. The molecule has 7 heteroatoms. The number of amidine groups is 2. The first-order valence-corrected chi connectivity index (χ1v) is 7.07. The Morgan fingerprint density at radius 1 is 1.50 bits per heavy atom. The number of hydrogen-bond acceptors (Lipinski definition) is 4. The smallest absolute Gasteiger partial charge is 0.269 e. The number of carbonyl (C=O) groups is 2. The Hall–Kier alpha value is -1.37. The molecule has 96 valence electrons. The van der Waals surface area contributed by atoms with Crippen LogP contribution in [0.2, 0.25) is 0 Å². The molecule has 0 bridgehead atoms. The van der Waals surface area contributed by atoms with Crippen molar-refractivity contribution >= 4 is 34.7 Å². The molecule has 3 aliphatic heterocycles. The first kappa shape index (κ1) is 11.7. The Labute approximate surface area is 109 Å². The maximum Gasteiger partial charge on any atom is 0.358 e. The summed E-state index contributed by atoms with van der Waals surface area (Å²) in [4.78, 5) is 31.8. The average molecular weight is 267 g/mol. The van der Waals surface area contributed by atoms with Crippen LogP contribution in [0.4, 0.5) is 4.79 Å². The number of fused-ring (bicyclic) bond motifs is 2. The first-order valence-electron chi connectivity index (χ1n) is 6.09. The SMILES string of the molecule is CCCN1C(=O)C2C(=NC3=[N+]2CCS3)N(C)C1=O. The Balaban J connectivity index is 1.99. The fourth-order valence-electron chi connectivity index (χ4n) is 2.50. The van der Waals surface area contributed by atoms with E-state index in [-0.39, 0.29) is 18.0 Å². The molecule has 0 N–H and O–H groups in total. The number of imide groups is 1. The highest BCUT2D eigenvalue weighted by molar-refractivity contribution is 8.13. The maximum atomic E-state index is 12.4. The van der Waals surface area contributed by atoms with Crippen molar-refractivity contribution in [1.82, 2.24) is 9.80 Å². The van der Waals surface area contributed by atoms with Crippen molar-refractivity contribution in [2.45, 2.75) is 19.4 Å². The molecule has 3 heterocycles. The summed E-state index contributed by atoms with van der Waals surface area (Å²) in [5.41, 5.74) is 0. The van der Waals surface area contributed by atoms with Crippen molar-refractivity contribution in [2.24, 2.45) is 4.99 Å². The molecular formula is C11H15N4O2S+. The molecular weight excluding hydrogens is 252 g/mol. The Morgan fingerprint density at radius 3 is 3.00 bits per heavy atom. The molecule has 3 aliphatic rings. The van der Waals surface area contributed by atoms with Gasteiger partial charge in [0.1, 0.15) is 0 Å². The van der Waals surface area contributed by atoms with Crippen LogP contribution in [0.5, 0.6) is 0 Å². The summed E-state index contributed by atoms with van der Waals surface area (Å²) in [6.45, 7) is 3.26. The summed E-state index contributed by atoms with van der Waals surface area (Å²) >= 11 is 1.65. The van der Waals surface area contributed by atoms with Crippen molar-refractivity contribution in [1.29, 1.82) is 0 Å². The van der Waals surface area contributed by atoms with Crippen LogP contribution in [0.15, 0.2) is 4.99 Å². The minimum atomic E-state index is -0.385. The van der Waals surface area contributed by atoms with Crippen LogP contribution in [0.3, 0.4) is 0 Å². The van der Waals surface area contributed by atoms with Crippen LogP contribution < -0.4 is 0 Å². The Morgan fingerprint density at radius 2 is 2.28 bits per heavy atom. The Bertz CT molecular complexity index is 499. The molecule has 1 saturated heterocycles. The third-order valence-electron chi connectivity index (χ3n) is 3.38. The Kier molecular flexibility index (Phi) is 2.65. The van der Waals surface area contributed by atoms with Crippen molar-refractivity contribution in [2.75, 3.05) is 25.9 Å². The number of carbonyl (C=O) groups excluding carboxylic acids is 2. The van der Waals surface area contributed by atoms with Crippen molar-refractivity contribution < 1.29 is 14.2 Å². The fraction of sp³-hybridized carbons (Fsp3) is 0.636. The molecule has 0 saturated carbocycles. The molecule has 1 fully saturated rings. The zero-order valence-corrected chi connectivity index (χ0v) is 11.2. The minimum Gasteiger partial charge on any atom is -0.269 e. The average Bonchev–Trinajstić information content (AvgIpc) is 2.91. The van der Waals surface area contributed by atoms with Crippen molar-refractivity contribution in [3.63, 3.8) is 0 Å². The molecule has 18 heavy (non-hydrogen) atoms. The fourth-order valence-corrected chi connectivity index (χ4v) is 3.49. The van der Waals surface area contributed by atoms with E-state index in [1.165, 1.54) is 9.80 Å². The summed E-state index contributed by atoms with van der Waals surface area (Å²) in [6, 6.07) is -0.645. The van der Waals surface area contributed by atoms with Gasteiger partial charge in [-0.1, -0.05) is 6.92 Å². The lowest BCUT2D eigenvalue weighted by molar-refractivity contribution is -0.525. The zero-order chi connectivity index (χ0) is 12.9. The van der Waals surface area contributed by atoms with Crippen LogP contribution in [-0.2, 0) is 4.79 Å². The van der Waals surface area contributed by atoms with Gasteiger partial charge in [0, 0.05) is 19.3 Å². The summed E-state index contributed by atoms with van der Waals surface area (Å²) in [5, 5.41) is 0.876. The van der Waals surface area contributed by atoms with E-state index in [9.17, 15) is 9.59 Å². The number of amides is 3. The number of likely N-dealkylation sites (N-methyl/N-ethyl adjacent to an activating group) is 1. The molecule has 0 aromatic carbocycles. The van der Waals surface area contributed by atoms with Crippen LogP contribution in [0.25, 0.3) is 0 Å². The highest BCUT2D eigenvalue weighted by Gasteiger charge is 2.54. The molecule has 0 spiro atoms. The molecule has 0 aliphatic carbocycles. The largest absolute Gasteiger partial charge is 0.358 e. The highest BCUT2D eigenvalue weighted by atomic mass is 32.2. The maximum absolute atomic E-state index is 12.4. The summed E-state index contributed by atoms with van der Waals surface area (Å²) in [7, 11) is 1.69. The van der Waals surface area contributed by atoms with Gasteiger partial charge in [0.25, 0.3) is 17.8 Å². The van der Waals surface area contributed by atoms with Gasteiger partial charge in [-0.2, -0.15) is 0 Å². The van der Waals surface area contributed by atoms with Gasteiger partial charge in [0.2, 0.25) is 0 Å². The molecule has 1 unspecified atom stereocenters. The minimum absolute atomic E-state index is 0.129. The van der Waals surface area contributed by atoms with E-state index in [0.29, 0.717) is 12.4 Å². The van der Waals surface area contributed by atoms with Gasteiger partial charge in [-0.15, -0.1) is 0 Å². The molecule has 0 aromatic rings. The third-order valence-corrected chi connectivity index (χ3v) is 4.35. The second-order valence-electron chi connectivity index (χ2n) is 4.53. The number of nitrogens with zero attached hydrogens (tertiary/aromatic N) is 4. The summed E-state index contributed by atoms with van der Waals surface area (Å²) in [6.07, 6.45) is 0.774. The van der Waals surface area contributed by atoms with Crippen LogP contribution >= 0.6 is 11.8 Å². The molecule has 3 rings (SSSR count). The molecule has 0 radical (unpaired) electrons. The lowest BCUT2D eigenvalue weighted by Gasteiger charge is -2.32. The zero-order valence-electron chi connectivity index (χ0n) is 10.4. The van der Waals surface area contributed by atoms with Gasteiger partial charge < -0.3 is 0 Å². The normalized spacial score (nSPS) is 26.8. The van der Waals surface area contributed by atoms with Crippen LogP contribution in [0.1, 0.15) is 13.3 Å². The number of thioether (sulfide) groups is 1. The van der Waals surface area contributed by atoms with E-state index >= 15 is 0 Å². The topological polar surface area (TPSA) is 56.0 Å². The second-order valence-corrected chi connectivity index (χ2v) is 5.59. The van der Waals surface area contributed by atoms with Crippen LogP contribution in [-0.4, -0.2) is 69.2 Å². The van der Waals surface area contributed by atoms with E-state index in [0.717, 1.165) is 23.9 Å². The van der Waals surface area contributed by atoms with E-state index in [4.69, 9.17) is 0 Å². The predicted octanol–water partition coefficient (Wildman–Crippen LogP) is 0.186. The van der Waals surface area contributed by atoms with Gasteiger partial charge >= 0.3 is 11.2 Å². The quantitative estimate of drug-likeness (QED) is 0.671. The van der Waals surface area contributed by atoms with Gasteiger partial charge in [-0.3, -0.25) is 14.6 Å². The summed E-state index contributed by atoms with van der Waals surface area (Å²) in [5.74, 6) is 1.41. The molecule has 0 aromatic heterocycles. The standard InChI is InChI=1S/C11H15N4O2S/c1-3-4-15-9(16)7-8(13(2)11(15)17)12-10-14(7)5-6-18-10/h7H,3-6H2,1-2H3/q+1. The van der Waals surface area contributed by atoms with Crippen LogP contribution in [0, 0.1) is 0 Å². The van der Waals surface area contributed by atoms with Gasteiger partial charge in [-0.05, 0) is 23.2 Å². The number of urea groups is 1. The lowest BCUT2D eigenvalue weighted by Crippen LogP contribution is -2.62. The number of aliphatic imine (C=N–C) groups is 1. The highest BCUT2D eigenvalue weighted by Crippen LogP contribution is 2.26. The predicted molar refractivity (Wildman–Crippen MR) is 69.0 cm³/mol. The van der Waals surface area contributed by atoms with Gasteiger partial charge in [0.15, 0.2) is 0 Å². The van der Waals surface area contributed by atoms with E-state index in [1.807, 2.05) is 11.5 Å². The lowest BCUT2D eigenvalue weighted by atomic mass is 10.1. The van der Waals surface area contributed by atoms with Crippen molar-refractivity contribution in [3.8, 4) is 0 Å². The van der Waals surface area contributed by atoms with Crippen molar-refractivity contribution in [3.05, 3.63) is 0 Å². The van der Waals surface area contributed by atoms with Gasteiger partial charge in [-0.25, -0.2) is 9.37 Å². The number of rotatable bonds is 2. The number of hydrogen-bond donors (Lipinski definition) is 0. The van der Waals surface area contributed by atoms with E-state index < -0.39 is 0 Å². The first-order chi connectivity index (χ1) is 8.65. The van der Waals surface area contributed by atoms with E-state index in [1.54, 1.807) is 18.8 Å². The van der Waals surface area contributed by atoms with E-state index in [2.05, 4.69) is 4.99 Å². The monoisotopic (exact) mass is 267 g/mol. The molecule has 6 nitrogen and oxygen atoms in total. The van der Waals surface area contributed by atoms with Gasteiger partial charge in [0.05, 0.1) is 6.54 Å². The third kappa shape index (κ3) is 1.43. The molecule has 1 atom stereocenters. The summed E-state index contributed by atoms with van der Waals surface area (Å²) < 4.78 is 2.01. The molecule has 3 amide bonds.